The summed E-state index contributed by atoms with van der Waals surface area (Å²) in [6.07, 6.45) is 5.42. The van der Waals surface area contributed by atoms with Gasteiger partial charge in [-0.05, 0) is 25.0 Å². The van der Waals surface area contributed by atoms with Gasteiger partial charge in [-0.25, -0.2) is 8.78 Å². The first kappa shape index (κ1) is 10.1. The zero-order valence-corrected chi connectivity index (χ0v) is 9.15. The van der Waals surface area contributed by atoms with E-state index in [9.17, 15) is 8.78 Å². The number of hydrogen-bond donors (Lipinski definition) is 1. The highest BCUT2D eigenvalue weighted by molar-refractivity contribution is 5.62. The molecule has 16 heavy (non-hydrogen) atoms. The molecule has 2 aliphatic rings. The number of benzene rings is 1. The van der Waals surface area contributed by atoms with Gasteiger partial charge in [0.25, 0.3) is 0 Å². The summed E-state index contributed by atoms with van der Waals surface area (Å²) in [6.45, 7) is 0.695. The van der Waals surface area contributed by atoms with Crippen LogP contribution >= 0.6 is 0 Å². The molecular formula is C13H15F2N. The molecule has 0 atom stereocenters. The van der Waals surface area contributed by atoms with E-state index in [0.717, 1.165) is 25.7 Å². The molecule has 0 amide bonds. The molecule has 1 heterocycles. The van der Waals surface area contributed by atoms with Crippen molar-refractivity contribution in [2.75, 3.05) is 11.9 Å². The smallest absolute Gasteiger partial charge is 0.146 e. The molecule has 1 aliphatic heterocycles. The van der Waals surface area contributed by atoms with Crippen molar-refractivity contribution in [2.45, 2.75) is 37.5 Å². The normalized spacial score (nSPS) is 21.9. The van der Waals surface area contributed by atoms with Crippen LogP contribution in [0.5, 0.6) is 0 Å². The van der Waals surface area contributed by atoms with Crippen LogP contribution in [-0.2, 0) is 5.41 Å². The Hall–Kier alpha value is -1.12. The van der Waals surface area contributed by atoms with Gasteiger partial charge in [0, 0.05) is 17.5 Å². The fraction of sp³-hybridized carbons (Fsp3) is 0.538. The van der Waals surface area contributed by atoms with Crippen LogP contribution in [-0.4, -0.2) is 6.54 Å². The van der Waals surface area contributed by atoms with Crippen LogP contribution in [0.1, 0.15) is 37.7 Å². The van der Waals surface area contributed by atoms with Gasteiger partial charge >= 0.3 is 0 Å². The van der Waals surface area contributed by atoms with Crippen LogP contribution in [0.25, 0.3) is 0 Å². The van der Waals surface area contributed by atoms with Gasteiger partial charge in [-0.1, -0.05) is 19.3 Å². The minimum absolute atomic E-state index is 0.139. The predicted molar refractivity (Wildman–Crippen MR) is 59.6 cm³/mol. The van der Waals surface area contributed by atoms with E-state index in [1.165, 1.54) is 18.6 Å². The van der Waals surface area contributed by atoms with Gasteiger partial charge in [0.2, 0.25) is 0 Å². The van der Waals surface area contributed by atoms with Crippen molar-refractivity contribution in [3.8, 4) is 0 Å². The highest BCUT2D eigenvalue weighted by Crippen LogP contribution is 2.48. The van der Waals surface area contributed by atoms with E-state index in [-0.39, 0.29) is 17.0 Å². The van der Waals surface area contributed by atoms with Gasteiger partial charge < -0.3 is 5.32 Å². The lowest BCUT2D eigenvalue weighted by Gasteiger charge is -2.33. The minimum Gasteiger partial charge on any atom is -0.381 e. The minimum atomic E-state index is -0.321. The number of anilines is 1. The maximum Gasteiger partial charge on any atom is 0.146 e. The van der Waals surface area contributed by atoms with E-state index in [4.69, 9.17) is 0 Å². The largest absolute Gasteiger partial charge is 0.381 e. The van der Waals surface area contributed by atoms with Crippen LogP contribution < -0.4 is 5.32 Å². The Labute approximate surface area is 93.9 Å². The van der Waals surface area contributed by atoms with Crippen molar-refractivity contribution < 1.29 is 8.78 Å². The number of halogens is 2. The molecule has 86 valence electrons. The average Bonchev–Trinajstić information content (AvgIpc) is 2.66. The molecule has 1 nitrogen and oxygen atoms in total. The fourth-order valence-electron chi connectivity index (χ4n) is 3.24. The lowest BCUT2D eigenvalue weighted by molar-refractivity contribution is 0.310. The standard InChI is InChI=1S/C13H15F2N/c14-9-4-5-10(15)12-11(9)13(8-16-12)6-2-1-3-7-13/h4-5,16H,1-3,6-8H2. The third-order valence-corrected chi connectivity index (χ3v) is 4.05. The lowest BCUT2D eigenvalue weighted by Crippen LogP contribution is -2.31. The molecule has 1 N–H and O–H groups in total. The first-order chi connectivity index (χ1) is 7.73. The molecule has 0 radical (unpaired) electrons. The lowest BCUT2D eigenvalue weighted by atomic mass is 9.70. The maximum atomic E-state index is 13.9. The number of rotatable bonds is 0. The Bertz CT molecular complexity index is 422. The molecule has 1 fully saturated rings. The van der Waals surface area contributed by atoms with Crippen LogP contribution in [0.4, 0.5) is 14.5 Å². The van der Waals surface area contributed by atoms with Crippen molar-refractivity contribution in [2.24, 2.45) is 0 Å². The molecule has 1 aromatic rings. The summed E-state index contributed by atoms with van der Waals surface area (Å²) in [5.41, 5.74) is 0.869. The summed E-state index contributed by atoms with van der Waals surface area (Å²) in [5, 5.41) is 3.05. The summed E-state index contributed by atoms with van der Waals surface area (Å²) in [7, 11) is 0. The van der Waals surface area contributed by atoms with Crippen molar-refractivity contribution >= 4 is 5.69 Å². The molecule has 1 spiro atoms. The fourth-order valence-corrected chi connectivity index (χ4v) is 3.24. The SMILES string of the molecule is Fc1ccc(F)c2c1NCC21CCCCC1. The van der Waals surface area contributed by atoms with Crippen molar-refractivity contribution in [1.82, 2.24) is 0 Å². The maximum absolute atomic E-state index is 13.9. The summed E-state index contributed by atoms with van der Waals surface area (Å²) >= 11 is 0. The Morgan fingerprint density at radius 3 is 2.44 bits per heavy atom. The van der Waals surface area contributed by atoms with E-state index in [1.807, 2.05) is 0 Å². The number of fused-ring (bicyclic) bond motifs is 2. The monoisotopic (exact) mass is 223 g/mol. The molecule has 0 unspecified atom stereocenters. The molecule has 1 saturated carbocycles. The Kier molecular flexibility index (Phi) is 2.16. The summed E-state index contributed by atoms with van der Waals surface area (Å²) in [6, 6.07) is 2.47. The molecule has 0 saturated heterocycles. The van der Waals surface area contributed by atoms with Crippen molar-refractivity contribution in [1.29, 1.82) is 0 Å². The van der Waals surface area contributed by atoms with E-state index in [1.54, 1.807) is 0 Å². The topological polar surface area (TPSA) is 12.0 Å². The van der Waals surface area contributed by atoms with Crippen LogP contribution in [0.2, 0.25) is 0 Å². The molecule has 0 bridgehead atoms. The highest BCUT2D eigenvalue weighted by Gasteiger charge is 2.42. The second kappa shape index (κ2) is 3.44. The van der Waals surface area contributed by atoms with E-state index >= 15 is 0 Å². The van der Waals surface area contributed by atoms with E-state index < -0.39 is 0 Å². The molecule has 0 aromatic heterocycles. The van der Waals surface area contributed by atoms with Gasteiger partial charge in [-0.15, -0.1) is 0 Å². The molecule has 3 heteroatoms. The zero-order valence-electron chi connectivity index (χ0n) is 9.15. The second-order valence-corrected chi connectivity index (χ2v) is 4.97. The van der Waals surface area contributed by atoms with Crippen LogP contribution in [0.15, 0.2) is 12.1 Å². The second-order valence-electron chi connectivity index (χ2n) is 4.97. The van der Waals surface area contributed by atoms with Crippen molar-refractivity contribution in [3.63, 3.8) is 0 Å². The Morgan fingerprint density at radius 1 is 1.00 bits per heavy atom. The first-order valence-electron chi connectivity index (χ1n) is 5.95. The third kappa shape index (κ3) is 1.27. The van der Waals surface area contributed by atoms with Gasteiger partial charge in [-0.3, -0.25) is 0 Å². The Morgan fingerprint density at radius 2 is 1.69 bits per heavy atom. The first-order valence-corrected chi connectivity index (χ1v) is 5.95. The van der Waals surface area contributed by atoms with Crippen LogP contribution in [0, 0.1) is 11.6 Å². The zero-order chi connectivity index (χ0) is 11.2. The molecule has 3 rings (SSSR count). The quantitative estimate of drug-likeness (QED) is 0.708. The number of nitrogens with one attached hydrogen (secondary N) is 1. The summed E-state index contributed by atoms with van der Waals surface area (Å²) < 4.78 is 27.5. The van der Waals surface area contributed by atoms with Gasteiger partial charge in [-0.2, -0.15) is 0 Å². The van der Waals surface area contributed by atoms with E-state index in [2.05, 4.69) is 5.32 Å². The molecule has 1 aromatic carbocycles. The van der Waals surface area contributed by atoms with Crippen LogP contribution in [0.3, 0.4) is 0 Å². The third-order valence-electron chi connectivity index (χ3n) is 4.05. The van der Waals surface area contributed by atoms with Crippen molar-refractivity contribution in [3.05, 3.63) is 29.3 Å². The van der Waals surface area contributed by atoms with Gasteiger partial charge in [0.1, 0.15) is 11.6 Å². The van der Waals surface area contributed by atoms with Gasteiger partial charge in [0.15, 0.2) is 0 Å². The highest BCUT2D eigenvalue weighted by atomic mass is 19.1. The average molecular weight is 223 g/mol. The summed E-state index contributed by atoms with van der Waals surface area (Å²) in [4.78, 5) is 0. The summed E-state index contributed by atoms with van der Waals surface area (Å²) in [5.74, 6) is -0.567. The van der Waals surface area contributed by atoms with Gasteiger partial charge in [0.05, 0.1) is 5.69 Å². The molecule has 1 aliphatic carbocycles. The number of hydrogen-bond acceptors (Lipinski definition) is 1. The Balaban J connectivity index is 2.13. The van der Waals surface area contributed by atoms with E-state index in [0.29, 0.717) is 17.8 Å². The predicted octanol–water partition coefficient (Wildman–Crippen LogP) is 3.59. The molecular weight excluding hydrogens is 208 g/mol.